The van der Waals surface area contributed by atoms with E-state index < -0.39 is 0 Å². The maximum atomic E-state index is 6.07. The van der Waals surface area contributed by atoms with Crippen molar-refractivity contribution in [3.8, 4) is 0 Å². The standard InChI is InChI=1S/C14H20BNO2S/c1-13(2)14(3,4)18-15(17-13)11-8-10-6-5-7-19-12(10)16-9-11/h8-9H,5-7H2,1-4H3. The topological polar surface area (TPSA) is 31.4 Å². The highest BCUT2D eigenvalue weighted by Gasteiger charge is 2.51. The summed E-state index contributed by atoms with van der Waals surface area (Å²) in [5, 5.41) is 1.17. The Balaban J connectivity index is 1.88. The Kier molecular flexibility index (Phi) is 3.19. The fraction of sp³-hybridized carbons (Fsp3) is 0.643. The number of hydrogen-bond acceptors (Lipinski definition) is 4. The van der Waals surface area contributed by atoms with Gasteiger partial charge in [0.25, 0.3) is 0 Å². The molecule has 5 heteroatoms. The van der Waals surface area contributed by atoms with Crippen LogP contribution in [0.2, 0.25) is 0 Å². The molecule has 1 fully saturated rings. The first-order chi connectivity index (χ1) is 8.89. The van der Waals surface area contributed by atoms with Gasteiger partial charge in [0.1, 0.15) is 0 Å². The van der Waals surface area contributed by atoms with E-state index in [-0.39, 0.29) is 18.3 Å². The minimum absolute atomic E-state index is 0.289. The predicted octanol–water partition coefficient (Wildman–Crippen LogP) is 2.42. The minimum atomic E-state index is -0.297. The summed E-state index contributed by atoms with van der Waals surface area (Å²) in [5.74, 6) is 1.18. The molecule has 0 aromatic carbocycles. The van der Waals surface area contributed by atoms with Gasteiger partial charge in [-0.2, -0.15) is 0 Å². The fourth-order valence-corrected chi connectivity index (χ4v) is 3.32. The summed E-state index contributed by atoms with van der Waals surface area (Å²) in [5.41, 5.74) is 1.80. The quantitative estimate of drug-likeness (QED) is 0.738. The SMILES string of the molecule is CC1(C)OB(c2cnc3c(c2)CCCS3)OC1(C)C. The first-order valence-electron chi connectivity index (χ1n) is 6.86. The summed E-state index contributed by atoms with van der Waals surface area (Å²) in [6.07, 6.45) is 4.24. The first-order valence-corrected chi connectivity index (χ1v) is 7.85. The maximum absolute atomic E-state index is 6.07. The maximum Gasteiger partial charge on any atom is 0.496 e. The van der Waals surface area contributed by atoms with Crippen molar-refractivity contribution in [1.82, 2.24) is 4.98 Å². The van der Waals surface area contributed by atoms with Gasteiger partial charge in [-0.05, 0) is 51.9 Å². The highest BCUT2D eigenvalue weighted by molar-refractivity contribution is 7.99. The second kappa shape index (κ2) is 4.50. The van der Waals surface area contributed by atoms with Gasteiger partial charge in [-0.1, -0.05) is 6.07 Å². The largest absolute Gasteiger partial charge is 0.496 e. The third kappa shape index (κ3) is 2.32. The molecule has 3 rings (SSSR count). The van der Waals surface area contributed by atoms with Gasteiger partial charge in [0.15, 0.2) is 0 Å². The average molecular weight is 277 g/mol. The van der Waals surface area contributed by atoms with Crippen LogP contribution in [-0.4, -0.2) is 29.1 Å². The van der Waals surface area contributed by atoms with Crippen molar-refractivity contribution in [2.75, 3.05) is 5.75 Å². The van der Waals surface area contributed by atoms with Gasteiger partial charge in [0, 0.05) is 11.7 Å². The van der Waals surface area contributed by atoms with Crippen molar-refractivity contribution in [3.63, 3.8) is 0 Å². The van der Waals surface area contributed by atoms with E-state index in [0.29, 0.717) is 0 Å². The van der Waals surface area contributed by atoms with Crippen LogP contribution in [0.3, 0.4) is 0 Å². The van der Waals surface area contributed by atoms with Crippen molar-refractivity contribution in [2.24, 2.45) is 0 Å². The Labute approximate surface area is 119 Å². The molecule has 0 radical (unpaired) electrons. The van der Waals surface area contributed by atoms with Crippen molar-refractivity contribution in [1.29, 1.82) is 0 Å². The lowest BCUT2D eigenvalue weighted by Gasteiger charge is -2.32. The number of nitrogens with zero attached hydrogens (tertiary/aromatic N) is 1. The van der Waals surface area contributed by atoms with E-state index in [0.717, 1.165) is 11.9 Å². The summed E-state index contributed by atoms with van der Waals surface area (Å²) >= 11 is 1.85. The summed E-state index contributed by atoms with van der Waals surface area (Å²) in [6, 6.07) is 2.20. The molecule has 19 heavy (non-hydrogen) atoms. The Hall–Kier alpha value is -0.515. The average Bonchev–Trinajstić information content (AvgIpc) is 2.58. The Morgan fingerprint density at radius 3 is 2.58 bits per heavy atom. The van der Waals surface area contributed by atoms with Crippen LogP contribution >= 0.6 is 11.8 Å². The highest BCUT2D eigenvalue weighted by Crippen LogP contribution is 2.36. The number of aromatic nitrogens is 1. The third-order valence-electron chi connectivity index (χ3n) is 4.30. The zero-order valence-electron chi connectivity index (χ0n) is 12.0. The summed E-state index contributed by atoms with van der Waals surface area (Å²) in [4.78, 5) is 4.56. The van der Waals surface area contributed by atoms with Crippen LogP contribution in [0.15, 0.2) is 17.3 Å². The van der Waals surface area contributed by atoms with Crippen LogP contribution in [0.25, 0.3) is 0 Å². The lowest BCUT2D eigenvalue weighted by molar-refractivity contribution is 0.00578. The Bertz CT molecular complexity index is 488. The number of hydrogen-bond donors (Lipinski definition) is 0. The summed E-state index contributed by atoms with van der Waals surface area (Å²) in [6.45, 7) is 8.31. The van der Waals surface area contributed by atoms with Crippen molar-refractivity contribution < 1.29 is 9.31 Å². The van der Waals surface area contributed by atoms with Crippen molar-refractivity contribution in [2.45, 2.75) is 56.8 Å². The Morgan fingerprint density at radius 2 is 1.89 bits per heavy atom. The molecule has 0 aliphatic carbocycles. The molecule has 1 saturated heterocycles. The van der Waals surface area contributed by atoms with E-state index in [4.69, 9.17) is 9.31 Å². The molecular weight excluding hydrogens is 257 g/mol. The number of fused-ring (bicyclic) bond motifs is 1. The fourth-order valence-electron chi connectivity index (χ4n) is 2.36. The molecule has 0 saturated carbocycles. The van der Waals surface area contributed by atoms with Crippen LogP contribution < -0.4 is 5.46 Å². The van der Waals surface area contributed by atoms with E-state index in [1.807, 2.05) is 18.0 Å². The van der Waals surface area contributed by atoms with Crippen molar-refractivity contribution in [3.05, 3.63) is 17.8 Å². The molecular formula is C14H20BNO2S. The van der Waals surface area contributed by atoms with Crippen LogP contribution in [0.5, 0.6) is 0 Å². The molecule has 0 unspecified atom stereocenters. The first kappa shape index (κ1) is 13.5. The van der Waals surface area contributed by atoms with Gasteiger partial charge >= 0.3 is 7.12 Å². The monoisotopic (exact) mass is 277 g/mol. The van der Waals surface area contributed by atoms with Crippen molar-refractivity contribution >= 4 is 24.3 Å². The molecule has 102 valence electrons. The normalized spacial score (nSPS) is 24.3. The molecule has 0 atom stereocenters. The number of thioether (sulfide) groups is 1. The predicted molar refractivity (Wildman–Crippen MR) is 79.0 cm³/mol. The van der Waals surface area contributed by atoms with E-state index in [1.165, 1.54) is 22.8 Å². The molecule has 2 aliphatic rings. The lowest BCUT2D eigenvalue weighted by Crippen LogP contribution is -2.41. The van der Waals surface area contributed by atoms with Gasteiger partial charge in [-0.3, -0.25) is 4.98 Å². The van der Waals surface area contributed by atoms with Crippen LogP contribution in [-0.2, 0) is 15.7 Å². The zero-order valence-corrected chi connectivity index (χ0v) is 12.8. The molecule has 1 aromatic heterocycles. The minimum Gasteiger partial charge on any atom is -0.399 e. The van der Waals surface area contributed by atoms with Gasteiger partial charge in [0.05, 0.1) is 16.2 Å². The van der Waals surface area contributed by atoms with Crippen LogP contribution in [0.1, 0.15) is 39.7 Å². The zero-order chi connectivity index (χ0) is 13.7. The Morgan fingerprint density at radius 1 is 1.21 bits per heavy atom. The molecule has 3 heterocycles. The van der Waals surface area contributed by atoms with Crippen LogP contribution in [0, 0.1) is 0 Å². The summed E-state index contributed by atoms with van der Waals surface area (Å²) in [7, 11) is -0.297. The number of aryl methyl sites for hydroxylation is 1. The third-order valence-corrected chi connectivity index (χ3v) is 5.43. The van der Waals surface area contributed by atoms with E-state index in [2.05, 4.69) is 38.7 Å². The lowest BCUT2D eigenvalue weighted by atomic mass is 9.79. The molecule has 0 spiro atoms. The van der Waals surface area contributed by atoms with Gasteiger partial charge in [-0.15, -0.1) is 11.8 Å². The molecule has 0 amide bonds. The highest BCUT2D eigenvalue weighted by atomic mass is 32.2. The molecule has 1 aromatic rings. The van der Waals surface area contributed by atoms with E-state index in [1.54, 1.807) is 0 Å². The number of pyridine rings is 1. The van der Waals surface area contributed by atoms with E-state index in [9.17, 15) is 0 Å². The second-order valence-corrected chi connectivity index (χ2v) is 7.36. The van der Waals surface area contributed by atoms with Gasteiger partial charge < -0.3 is 9.31 Å². The van der Waals surface area contributed by atoms with Gasteiger partial charge in [-0.25, -0.2) is 0 Å². The van der Waals surface area contributed by atoms with Gasteiger partial charge in [0.2, 0.25) is 0 Å². The second-order valence-electron chi connectivity index (χ2n) is 6.27. The van der Waals surface area contributed by atoms with E-state index >= 15 is 0 Å². The summed E-state index contributed by atoms with van der Waals surface area (Å²) < 4.78 is 12.1. The van der Waals surface area contributed by atoms with Crippen LogP contribution in [0.4, 0.5) is 0 Å². The molecule has 0 bridgehead atoms. The molecule has 3 nitrogen and oxygen atoms in total. The smallest absolute Gasteiger partial charge is 0.399 e. The number of rotatable bonds is 1. The molecule has 2 aliphatic heterocycles. The molecule has 0 N–H and O–H groups in total.